The molecule has 1 atom stereocenters. The Hall–Kier alpha value is -0.100. The Kier molecular flexibility index (Phi) is 18.3. The van der Waals surface area contributed by atoms with Crippen LogP contribution < -0.4 is 0 Å². The summed E-state index contributed by atoms with van der Waals surface area (Å²) >= 11 is 12.9. The molecular formula is C36H62OS4. The Morgan fingerprint density at radius 2 is 1.54 bits per heavy atom. The maximum Gasteiger partial charge on any atom is 0.128 e. The molecule has 1 aromatic carbocycles. The van der Waals surface area contributed by atoms with E-state index in [1.165, 1.54) is 67.4 Å². The second-order valence-electron chi connectivity index (χ2n) is 13.8. The molecule has 0 bridgehead atoms. The van der Waals surface area contributed by atoms with Crippen molar-refractivity contribution in [3.63, 3.8) is 0 Å². The number of allylic oxidation sites excluding steroid dienone is 1. The van der Waals surface area contributed by atoms with Crippen molar-refractivity contribution in [3.05, 3.63) is 51.1 Å². The molecule has 1 fully saturated rings. The van der Waals surface area contributed by atoms with Gasteiger partial charge < -0.3 is 5.11 Å². The van der Waals surface area contributed by atoms with Crippen LogP contribution in [0.1, 0.15) is 137 Å². The van der Waals surface area contributed by atoms with Crippen molar-refractivity contribution >= 4 is 48.8 Å². The zero-order chi connectivity index (χ0) is 31.2. The van der Waals surface area contributed by atoms with Crippen LogP contribution in [-0.2, 0) is 17.6 Å². The van der Waals surface area contributed by atoms with Gasteiger partial charge in [0.2, 0.25) is 0 Å². The van der Waals surface area contributed by atoms with E-state index in [-0.39, 0.29) is 10.8 Å². The molecule has 0 aliphatic heterocycles. The van der Waals surface area contributed by atoms with Crippen LogP contribution in [0, 0.1) is 11.3 Å². The van der Waals surface area contributed by atoms with Gasteiger partial charge >= 0.3 is 0 Å². The first-order valence-electron chi connectivity index (χ1n) is 16.0. The summed E-state index contributed by atoms with van der Waals surface area (Å²) in [5, 5.41) is 10.8. The maximum absolute atomic E-state index is 9.95. The minimum Gasteiger partial charge on any atom is -0.507 e. The van der Waals surface area contributed by atoms with E-state index in [0.717, 1.165) is 34.3 Å². The fraction of sp³-hybridized carbons (Fsp3) is 0.722. The molecule has 0 amide bonds. The maximum atomic E-state index is 9.95. The molecule has 0 heterocycles. The van der Waals surface area contributed by atoms with E-state index in [2.05, 4.69) is 105 Å². The van der Waals surface area contributed by atoms with Crippen molar-refractivity contribution in [1.82, 2.24) is 0 Å². The lowest BCUT2D eigenvalue weighted by atomic mass is 9.75. The summed E-state index contributed by atoms with van der Waals surface area (Å²) in [4.78, 5) is 2.21. The predicted molar refractivity (Wildman–Crippen MR) is 198 cm³/mol. The lowest BCUT2D eigenvalue weighted by molar-refractivity contribution is 0.280. The van der Waals surface area contributed by atoms with Gasteiger partial charge in [0.25, 0.3) is 0 Å². The molecular weight excluding hydrogens is 577 g/mol. The number of thiol groups is 2. The summed E-state index contributed by atoms with van der Waals surface area (Å²) in [6, 6.07) is 4.77. The molecule has 2 aliphatic carbocycles. The molecule has 2 aliphatic rings. The molecule has 1 N–H and O–H groups in total. The number of hydrogen-bond acceptors (Lipinski definition) is 5. The van der Waals surface area contributed by atoms with E-state index < -0.39 is 0 Å². The number of aliphatic hydroxyl groups is 1. The number of hydrogen-bond donors (Lipinski definition) is 3. The number of aliphatic hydroxyl groups excluding tert-OH is 1. The van der Waals surface area contributed by atoms with E-state index >= 15 is 0 Å². The van der Waals surface area contributed by atoms with Gasteiger partial charge in [-0.25, -0.2) is 0 Å². The van der Waals surface area contributed by atoms with Gasteiger partial charge in [0.15, 0.2) is 0 Å². The van der Waals surface area contributed by atoms with Crippen molar-refractivity contribution in [2.24, 2.45) is 11.3 Å². The SMILES string of the molecule is CCC.CCCc1c(S)cc(C(C)(C)C)cc1CSC1CCCCCC1.CSC1=CC(C(C)(C)C)CC(CS)=C1O. The van der Waals surface area contributed by atoms with Crippen LogP contribution in [0.25, 0.3) is 0 Å². The summed E-state index contributed by atoms with van der Waals surface area (Å²) in [5.74, 6) is 2.77. The Balaban J connectivity index is 0.000000402. The van der Waals surface area contributed by atoms with E-state index in [4.69, 9.17) is 12.6 Å². The molecule has 0 spiro atoms. The Labute approximate surface area is 274 Å². The first kappa shape index (κ1) is 38.9. The molecule has 1 saturated carbocycles. The van der Waals surface area contributed by atoms with Gasteiger partial charge in [0.05, 0.1) is 0 Å². The summed E-state index contributed by atoms with van der Waals surface area (Å²) in [6.45, 7) is 20.2. The largest absolute Gasteiger partial charge is 0.507 e. The van der Waals surface area contributed by atoms with Gasteiger partial charge in [0, 0.05) is 26.6 Å². The second-order valence-corrected chi connectivity index (χ2v) is 16.7. The van der Waals surface area contributed by atoms with Gasteiger partial charge in [-0.2, -0.15) is 24.4 Å². The zero-order valence-corrected chi connectivity index (χ0v) is 31.5. The highest BCUT2D eigenvalue weighted by Gasteiger charge is 2.29. The van der Waals surface area contributed by atoms with Gasteiger partial charge in [-0.05, 0) is 77.0 Å². The van der Waals surface area contributed by atoms with Crippen LogP contribution in [0.4, 0.5) is 0 Å². The predicted octanol–water partition coefficient (Wildman–Crippen LogP) is 12.6. The Morgan fingerprint density at radius 3 is 2.00 bits per heavy atom. The molecule has 5 heteroatoms. The molecule has 1 nitrogen and oxygen atoms in total. The van der Waals surface area contributed by atoms with Crippen LogP contribution in [0.3, 0.4) is 0 Å². The van der Waals surface area contributed by atoms with Gasteiger partial charge in [-0.1, -0.05) is 113 Å². The topological polar surface area (TPSA) is 20.2 Å². The quantitative estimate of drug-likeness (QED) is 0.204. The van der Waals surface area contributed by atoms with E-state index in [1.807, 2.05) is 6.26 Å². The first-order chi connectivity index (χ1) is 19.2. The van der Waals surface area contributed by atoms with Crippen LogP contribution in [0.2, 0.25) is 0 Å². The third kappa shape index (κ3) is 13.6. The van der Waals surface area contributed by atoms with Crippen molar-refractivity contribution < 1.29 is 5.11 Å². The van der Waals surface area contributed by atoms with E-state index in [9.17, 15) is 5.11 Å². The minimum absolute atomic E-state index is 0.198. The third-order valence-electron chi connectivity index (χ3n) is 7.87. The zero-order valence-electron chi connectivity index (χ0n) is 28.0. The Morgan fingerprint density at radius 1 is 0.951 bits per heavy atom. The second kappa shape index (κ2) is 19.3. The van der Waals surface area contributed by atoms with Gasteiger partial charge in [0.1, 0.15) is 5.76 Å². The van der Waals surface area contributed by atoms with Crippen molar-refractivity contribution in [3.8, 4) is 0 Å². The smallest absolute Gasteiger partial charge is 0.128 e. The van der Waals surface area contributed by atoms with Crippen LogP contribution in [-0.4, -0.2) is 22.4 Å². The number of rotatable bonds is 7. The first-order valence-corrected chi connectivity index (χ1v) is 19.3. The highest BCUT2D eigenvalue weighted by atomic mass is 32.2. The average molecular weight is 639 g/mol. The molecule has 0 radical (unpaired) electrons. The van der Waals surface area contributed by atoms with Crippen molar-refractivity contribution in [2.75, 3.05) is 12.0 Å². The van der Waals surface area contributed by atoms with Crippen LogP contribution in [0.15, 0.2) is 39.3 Å². The molecule has 1 aromatic rings. The molecule has 0 aromatic heterocycles. The molecule has 3 rings (SSSR count). The van der Waals surface area contributed by atoms with Crippen molar-refractivity contribution in [1.29, 1.82) is 0 Å². The molecule has 236 valence electrons. The molecule has 1 unspecified atom stereocenters. The Bertz CT molecular complexity index is 957. The summed E-state index contributed by atoms with van der Waals surface area (Å²) in [6.07, 6.45) is 17.3. The summed E-state index contributed by atoms with van der Waals surface area (Å²) < 4.78 is 0. The van der Waals surface area contributed by atoms with Crippen molar-refractivity contribution in [2.45, 2.75) is 148 Å². The fourth-order valence-corrected chi connectivity index (χ4v) is 7.80. The minimum atomic E-state index is 0.198. The normalized spacial score (nSPS) is 18.5. The standard InChI is InChI=1S/C21H34S2.C12H20OS2.C3H8/c1-5-10-19-16(13-17(14-20(19)22)21(2,3)4)15-23-18-11-8-6-7-9-12-18;1-12(2,3)9-5-8(7-14)11(13)10(6-9)15-4;1-3-2/h13-14,18,22H,5-12,15H2,1-4H3;6,9,13-14H,5,7H2,1-4H3;3H2,1-2H3. The van der Waals surface area contributed by atoms with Crippen LogP contribution >= 0.6 is 48.8 Å². The molecule has 0 saturated heterocycles. The monoisotopic (exact) mass is 638 g/mol. The molecule has 41 heavy (non-hydrogen) atoms. The number of thioether (sulfide) groups is 2. The van der Waals surface area contributed by atoms with Gasteiger partial charge in [-0.15, -0.1) is 24.4 Å². The number of benzene rings is 1. The van der Waals surface area contributed by atoms with E-state index in [0.29, 0.717) is 17.4 Å². The summed E-state index contributed by atoms with van der Waals surface area (Å²) in [7, 11) is 0. The highest BCUT2D eigenvalue weighted by molar-refractivity contribution is 8.02. The average Bonchev–Trinajstić information content (AvgIpc) is 3.17. The fourth-order valence-electron chi connectivity index (χ4n) is 5.15. The lowest BCUT2D eigenvalue weighted by Crippen LogP contribution is -2.22. The van der Waals surface area contributed by atoms with Gasteiger partial charge in [-0.3, -0.25) is 0 Å². The van der Waals surface area contributed by atoms with Crippen LogP contribution in [0.5, 0.6) is 0 Å². The highest BCUT2D eigenvalue weighted by Crippen LogP contribution is 2.41. The third-order valence-corrected chi connectivity index (χ3v) is 10.8. The summed E-state index contributed by atoms with van der Waals surface area (Å²) in [5.41, 5.74) is 5.98. The van der Waals surface area contributed by atoms with E-state index in [1.54, 1.807) is 17.3 Å². The lowest BCUT2D eigenvalue weighted by Gasteiger charge is -2.32.